The average Bonchev–Trinajstić information content (AvgIpc) is 3.43. The maximum absolute atomic E-state index is 7.07. The number of piperidine rings is 1. The first-order valence-electron chi connectivity index (χ1n) is 15.4. The van der Waals surface area contributed by atoms with E-state index in [-0.39, 0.29) is 12.1 Å². The standard InChI is InChI=1S/C36H42ClN5S/c1-21-15-24(4)34(25(5)16-21)41-26(6)17-29(27(41)7)35-33(31-10-8-9-13-38-31)39-36(43)42(35)28-11-12-32(30(37)18-28)40-19-22(2)14-23(3)20-40/h8-13,15-18,22-23,33,35H,14,19-20H2,1-7H3,(H,39,43)/t22-,23+,33-,35-/m0/s1. The minimum Gasteiger partial charge on any atom is -0.370 e. The molecule has 0 bridgehead atoms. The Bertz CT molecular complexity index is 1650. The Morgan fingerprint density at radius 2 is 1.60 bits per heavy atom. The third-order valence-corrected chi connectivity index (χ3v) is 9.78. The molecule has 0 amide bonds. The van der Waals surface area contributed by atoms with Crippen molar-refractivity contribution in [2.24, 2.45) is 11.8 Å². The van der Waals surface area contributed by atoms with Gasteiger partial charge in [0, 0.05) is 36.4 Å². The number of benzene rings is 2. The van der Waals surface area contributed by atoms with E-state index in [1.165, 1.54) is 45.7 Å². The zero-order valence-corrected chi connectivity index (χ0v) is 27.9. The van der Waals surface area contributed by atoms with Crippen molar-refractivity contribution >= 4 is 40.3 Å². The summed E-state index contributed by atoms with van der Waals surface area (Å²) in [7, 11) is 0. The quantitative estimate of drug-likeness (QED) is 0.228. The number of hydrogen-bond acceptors (Lipinski definition) is 3. The SMILES string of the molecule is Cc1cc(C)c(-n2c(C)cc([C@H]3[C@H](c4ccccn4)NC(=S)N3c3ccc(N4C[C@H](C)C[C@H](C)C4)c(Cl)c3)c2C)c(C)c1. The third-order valence-electron chi connectivity index (χ3n) is 9.17. The summed E-state index contributed by atoms with van der Waals surface area (Å²) in [5.74, 6) is 1.30. The molecule has 43 heavy (non-hydrogen) atoms. The van der Waals surface area contributed by atoms with Gasteiger partial charge in [-0.3, -0.25) is 4.98 Å². The monoisotopic (exact) mass is 611 g/mol. The molecule has 2 aliphatic rings. The van der Waals surface area contributed by atoms with Crippen LogP contribution in [0.4, 0.5) is 11.4 Å². The summed E-state index contributed by atoms with van der Waals surface area (Å²) in [6, 6.07) is 19.2. The second kappa shape index (κ2) is 11.6. The molecule has 0 saturated carbocycles. The second-order valence-corrected chi connectivity index (χ2v) is 13.7. The zero-order valence-electron chi connectivity index (χ0n) is 26.3. The van der Waals surface area contributed by atoms with Crippen LogP contribution >= 0.6 is 23.8 Å². The molecular formula is C36H42ClN5S. The van der Waals surface area contributed by atoms with Crippen molar-refractivity contribution in [1.29, 1.82) is 0 Å². The predicted octanol–water partition coefficient (Wildman–Crippen LogP) is 8.73. The van der Waals surface area contributed by atoms with Crippen molar-refractivity contribution in [3.8, 4) is 5.69 Å². The lowest BCUT2D eigenvalue weighted by atomic mass is 9.91. The molecule has 4 atom stereocenters. The fraction of sp³-hybridized carbons (Fsp3) is 0.389. The lowest BCUT2D eigenvalue weighted by Gasteiger charge is -2.37. The molecule has 2 aliphatic heterocycles. The molecule has 4 aromatic rings. The summed E-state index contributed by atoms with van der Waals surface area (Å²) in [6.45, 7) is 17.7. The Kier molecular flexibility index (Phi) is 8.03. The van der Waals surface area contributed by atoms with E-state index in [2.05, 4.69) is 111 Å². The van der Waals surface area contributed by atoms with Gasteiger partial charge in [-0.05, 0) is 118 Å². The van der Waals surface area contributed by atoms with Crippen molar-refractivity contribution in [3.63, 3.8) is 0 Å². The molecule has 2 aromatic heterocycles. The third kappa shape index (κ3) is 5.44. The number of halogens is 1. The van der Waals surface area contributed by atoms with E-state index >= 15 is 0 Å². The molecule has 0 spiro atoms. The van der Waals surface area contributed by atoms with Gasteiger partial charge in [-0.25, -0.2) is 0 Å². The molecule has 4 heterocycles. The molecule has 2 saturated heterocycles. The van der Waals surface area contributed by atoms with Gasteiger partial charge in [0.1, 0.15) is 0 Å². The molecule has 0 unspecified atom stereocenters. The number of nitrogens with zero attached hydrogens (tertiary/aromatic N) is 4. The first kappa shape index (κ1) is 29.7. The maximum atomic E-state index is 7.07. The zero-order chi connectivity index (χ0) is 30.6. The first-order chi connectivity index (χ1) is 20.5. The van der Waals surface area contributed by atoms with Gasteiger partial charge < -0.3 is 19.7 Å². The first-order valence-corrected chi connectivity index (χ1v) is 16.1. The fourth-order valence-corrected chi connectivity index (χ4v) is 8.31. The van der Waals surface area contributed by atoms with E-state index in [4.69, 9.17) is 28.8 Å². The molecule has 7 heteroatoms. The number of thiocarbonyl (C=S) groups is 1. The summed E-state index contributed by atoms with van der Waals surface area (Å²) < 4.78 is 2.41. The van der Waals surface area contributed by atoms with E-state index in [9.17, 15) is 0 Å². The number of aromatic nitrogens is 2. The molecule has 0 aliphatic carbocycles. The topological polar surface area (TPSA) is 36.3 Å². The van der Waals surface area contributed by atoms with E-state index < -0.39 is 0 Å². The van der Waals surface area contributed by atoms with Crippen LogP contribution in [-0.4, -0.2) is 27.8 Å². The smallest absolute Gasteiger partial charge is 0.174 e. The number of anilines is 2. The van der Waals surface area contributed by atoms with Gasteiger partial charge in [-0.2, -0.15) is 0 Å². The van der Waals surface area contributed by atoms with Crippen molar-refractivity contribution in [2.45, 2.75) is 67.0 Å². The summed E-state index contributed by atoms with van der Waals surface area (Å²) in [5.41, 5.74) is 11.7. The van der Waals surface area contributed by atoms with Crippen LogP contribution in [0.25, 0.3) is 5.69 Å². The van der Waals surface area contributed by atoms with E-state index in [1.807, 2.05) is 18.3 Å². The highest BCUT2D eigenvalue weighted by atomic mass is 35.5. The van der Waals surface area contributed by atoms with Gasteiger partial charge in [0.2, 0.25) is 0 Å². The second-order valence-electron chi connectivity index (χ2n) is 12.9. The molecule has 6 rings (SSSR count). The average molecular weight is 612 g/mol. The summed E-state index contributed by atoms with van der Waals surface area (Å²) in [4.78, 5) is 9.46. The normalized spacial score (nSPS) is 22.3. The molecule has 2 fully saturated rings. The highest BCUT2D eigenvalue weighted by Gasteiger charge is 2.42. The minimum absolute atomic E-state index is 0.106. The van der Waals surface area contributed by atoms with Crippen LogP contribution < -0.4 is 15.1 Å². The Hall–Kier alpha value is -3.35. The van der Waals surface area contributed by atoms with Crippen molar-refractivity contribution in [1.82, 2.24) is 14.9 Å². The van der Waals surface area contributed by atoms with Crippen LogP contribution in [0, 0.1) is 46.5 Å². The van der Waals surface area contributed by atoms with Crippen LogP contribution in [-0.2, 0) is 0 Å². The Labute approximate surface area is 266 Å². The molecular weight excluding hydrogens is 570 g/mol. The van der Waals surface area contributed by atoms with Crippen LogP contribution in [0.1, 0.15) is 71.7 Å². The fourth-order valence-electron chi connectivity index (χ4n) is 7.67. The van der Waals surface area contributed by atoms with E-state index in [0.717, 1.165) is 35.2 Å². The van der Waals surface area contributed by atoms with Crippen LogP contribution in [0.5, 0.6) is 0 Å². The van der Waals surface area contributed by atoms with Crippen LogP contribution in [0.15, 0.2) is 60.8 Å². The van der Waals surface area contributed by atoms with Crippen molar-refractivity contribution in [3.05, 3.63) is 105 Å². The predicted molar refractivity (Wildman–Crippen MR) is 184 cm³/mol. The number of pyridine rings is 1. The minimum atomic E-state index is -0.120. The van der Waals surface area contributed by atoms with Gasteiger partial charge in [-0.1, -0.05) is 49.2 Å². The van der Waals surface area contributed by atoms with E-state index in [0.29, 0.717) is 16.9 Å². The van der Waals surface area contributed by atoms with Gasteiger partial charge in [0.15, 0.2) is 5.11 Å². The van der Waals surface area contributed by atoms with Crippen molar-refractivity contribution in [2.75, 3.05) is 22.9 Å². The Balaban J connectivity index is 1.46. The van der Waals surface area contributed by atoms with Crippen LogP contribution in [0.2, 0.25) is 5.02 Å². The molecule has 5 nitrogen and oxygen atoms in total. The highest BCUT2D eigenvalue weighted by Crippen LogP contribution is 2.45. The largest absolute Gasteiger partial charge is 0.370 e. The van der Waals surface area contributed by atoms with E-state index in [1.54, 1.807) is 0 Å². The number of aryl methyl sites for hydroxylation is 4. The van der Waals surface area contributed by atoms with Gasteiger partial charge in [0.25, 0.3) is 0 Å². The summed E-state index contributed by atoms with van der Waals surface area (Å²) in [5, 5.41) is 5.07. The van der Waals surface area contributed by atoms with Gasteiger partial charge in [0.05, 0.1) is 34.2 Å². The Morgan fingerprint density at radius 3 is 2.23 bits per heavy atom. The van der Waals surface area contributed by atoms with Gasteiger partial charge in [-0.15, -0.1) is 0 Å². The van der Waals surface area contributed by atoms with Crippen LogP contribution in [0.3, 0.4) is 0 Å². The van der Waals surface area contributed by atoms with Crippen molar-refractivity contribution < 1.29 is 0 Å². The lowest BCUT2D eigenvalue weighted by Crippen LogP contribution is -2.38. The maximum Gasteiger partial charge on any atom is 0.174 e. The molecule has 0 radical (unpaired) electrons. The summed E-state index contributed by atoms with van der Waals surface area (Å²) in [6.07, 6.45) is 3.12. The molecule has 1 N–H and O–H groups in total. The molecule has 2 aromatic carbocycles. The highest BCUT2D eigenvalue weighted by molar-refractivity contribution is 7.80. The summed E-state index contributed by atoms with van der Waals surface area (Å²) >= 11 is 13.1. The number of hydrogen-bond donors (Lipinski definition) is 1. The van der Waals surface area contributed by atoms with Gasteiger partial charge >= 0.3 is 0 Å². The number of rotatable bonds is 5. The molecule has 224 valence electrons. The lowest BCUT2D eigenvalue weighted by molar-refractivity contribution is 0.357. The number of nitrogens with one attached hydrogen (secondary N) is 1. The Morgan fingerprint density at radius 1 is 0.907 bits per heavy atom.